The lowest BCUT2D eigenvalue weighted by Gasteiger charge is -2.56. The molecule has 3 saturated carbocycles. The van der Waals surface area contributed by atoms with Crippen molar-refractivity contribution in [3.63, 3.8) is 0 Å². The van der Waals surface area contributed by atoms with Gasteiger partial charge in [-0.25, -0.2) is 0 Å². The van der Waals surface area contributed by atoms with Crippen LogP contribution in [0.1, 0.15) is 65.7 Å². The number of fused-ring (bicyclic) bond motifs is 5. The van der Waals surface area contributed by atoms with Gasteiger partial charge >= 0.3 is 5.97 Å². The van der Waals surface area contributed by atoms with E-state index < -0.39 is 5.60 Å². The van der Waals surface area contributed by atoms with Gasteiger partial charge in [0.05, 0.1) is 0 Å². The van der Waals surface area contributed by atoms with Crippen molar-refractivity contribution in [2.45, 2.75) is 76.6 Å². The number of carbonyl (C=O) groups is 3. The zero-order valence-corrected chi connectivity index (χ0v) is 18.3. The summed E-state index contributed by atoms with van der Waals surface area (Å²) in [6.07, 6.45) is 13.9. The van der Waals surface area contributed by atoms with Crippen molar-refractivity contribution in [1.82, 2.24) is 0 Å². The first-order valence-electron chi connectivity index (χ1n) is 10.8. The van der Waals surface area contributed by atoms with Gasteiger partial charge in [-0.3, -0.25) is 14.4 Å². The SMILES string of the molecule is C#C[C@]1(OC(C)=O)CC[C@H]2[C@@H]3C[C@H](SC(C)=O)C4=CC(=O)CC[C@@H]4[C@H]3CC[C@@]21C. The number of hydrogen-bond acceptors (Lipinski definition) is 5. The number of terminal acetylenes is 1. The Kier molecular flexibility index (Phi) is 5.22. The largest absolute Gasteiger partial charge is 0.445 e. The number of ketones is 1. The van der Waals surface area contributed by atoms with Crippen LogP contribution in [0.15, 0.2) is 11.6 Å². The molecule has 0 amide bonds. The second kappa shape index (κ2) is 7.30. The molecule has 0 aromatic heterocycles. The van der Waals surface area contributed by atoms with E-state index in [1.807, 2.05) is 6.08 Å². The molecule has 4 aliphatic carbocycles. The highest BCUT2D eigenvalue weighted by molar-refractivity contribution is 8.14. The van der Waals surface area contributed by atoms with Crippen molar-refractivity contribution in [2.75, 3.05) is 0 Å². The molecule has 7 atom stereocenters. The fourth-order valence-electron chi connectivity index (χ4n) is 7.16. The number of ether oxygens (including phenoxy) is 1. The minimum atomic E-state index is -0.823. The van der Waals surface area contributed by atoms with Crippen LogP contribution in [0.2, 0.25) is 0 Å². The molecule has 0 saturated heterocycles. The molecule has 0 radical (unpaired) electrons. The van der Waals surface area contributed by atoms with Crippen molar-refractivity contribution >= 4 is 28.6 Å². The summed E-state index contributed by atoms with van der Waals surface area (Å²) in [5.41, 5.74) is 0.148. The molecule has 4 aliphatic rings. The Morgan fingerprint density at radius 2 is 1.97 bits per heavy atom. The molecule has 0 aromatic rings. The average Bonchev–Trinajstić information content (AvgIpc) is 2.94. The van der Waals surface area contributed by atoms with Crippen molar-refractivity contribution in [1.29, 1.82) is 0 Å². The smallest absolute Gasteiger partial charge is 0.304 e. The highest BCUT2D eigenvalue weighted by Crippen LogP contribution is 2.66. The molecule has 0 heterocycles. The van der Waals surface area contributed by atoms with E-state index in [4.69, 9.17) is 11.2 Å². The Labute approximate surface area is 177 Å². The first-order chi connectivity index (χ1) is 13.7. The molecular formula is C24H30O4S. The second-order valence-electron chi connectivity index (χ2n) is 9.58. The standard InChI is InChI=1S/C24H30O4S/c1-5-24(28-14(2)25)11-9-21-19-13-22(29-15(3)26)20-12-16(27)6-7-17(20)18(19)8-10-23(21,24)4/h1,12,17-19,21-22H,6-11,13H2,2-4H3/t17-,18-,19-,21+,22+,23+,24+/m1/s1. The van der Waals surface area contributed by atoms with Gasteiger partial charge in [0.15, 0.2) is 16.5 Å². The third-order valence-corrected chi connectivity index (χ3v) is 9.38. The van der Waals surface area contributed by atoms with Crippen LogP contribution in [0, 0.1) is 41.4 Å². The van der Waals surface area contributed by atoms with Gasteiger partial charge in [0.25, 0.3) is 0 Å². The van der Waals surface area contributed by atoms with E-state index in [0.717, 1.165) is 32.1 Å². The summed E-state index contributed by atoms with van der Waals surface area (Å²) in [5, 5.41) is 0.189. The van der Waals surface area contributed by atoms with E-state index in [1.165, 1.54) is 24.3 Å². The topological polar surface area (TPSA) is 60.4 Å². The van der Waals surface area contributed by atoms with E-state index in [-0.39, 0.29) is 27.5 Å². The summed E-state index contributed by atoms with van der Waals surface area (Å²) in [7, 11) is 0. The first-order valence-corrected chi connectivity index (χ1v) is 11.7. The summed E-state index contributed by atoms with van der Waals surface area (Å²) >= 11 is 1.38. The summed E-state index contributed by atoms with van der Waals surface area (Å²) in [4.78, 5) is 35.9. The number of carbonyl (C=O) groups excluding carboxylic acids is 3. The molecule has 0 bridgehead atoms. The Hall–Kier alpha value is -1.54. The maximum atomic E-state index is 12.1. The van der Waals surface area contributed by atoms with Gasteiger partial charge in [0.2, 0.25) is 0 Å². The van der Waals surface area contributed by atoms with Gasteiger partial charge in [-0.2, -0.15) is 0 Å². The fourth-order valence-corrected chi connectivity index (χ4v) is 8.25. The quantitative estimate of drug-likeness (QED) is 0.497. The number of thioether (sulfide) groups is 1. The van der Waals surface area contributed by atoms with Gasteiger partial charge in [-0.15, -0.1) is 6.42 Å². The zero-order chi connectivity index (χ0) is 21.0. The Balaban J connectivity index is 1.70. The van der Waals surface area contributed by atoms with E-state index in [0.29, 0.717) is 36.5 Å². The normalized spacial score (nSPS) is 43.3. The van der Waals surface area contributed by atoms with Crippen LogP contribution in [0.3, 0.4) is 0 Å². The predicted molar refractivity (Wildman–Crippen MR) is 113 cm³/mol. The molecule has 0 unspecified atom stereocenters. The fraction of sp³-hybridized carbons (Fsp3) is 0.708. The van der Waals surface area contributed by atoms with Crippen molar-refractivity contribution in [3.05, 3.63) is 11.6 Å². The summed E-state index contributed by atoms with van der Waals surface area (Å²) in [6.45, 7) is 5.27. The van der Waals surface area contributed by atoms with Gasteiger partial charge in [0, 0.05) is 30.9 Å². The summed E-state index contributed by atoms with van der Waals surface area (Å²) in [5.74, 6) is 4.53. The molecule has 0 aromatic carbocycles. The van der Waals surface area contributed by atoms with Gasteiger partial charge in [-0.05, 0) is 73.8 Å². The first kappa shape index (κ1) is 20.7. The van der Waals surface area contributed by atoms with Gasteiger partial charge in [-0.1, -0.05) is 24.6 Å². The molecule has 5 heteroatoms. The van der Waals surface area contributed by atoms with Crippen LogP contribution in [0.5, 0.6) is 0 Å². The highest BCUT2D eigenvalue weighted by atomic mass is 32.2. The molecule has 4 nitrogen and oxygen atoms in total. The predicted octanol–water partition coefficient (Wildman–Crippen LogP) is 4.32. The number of esters is 1. The van der Waals surface area contributed by atoms with E-state index in [1.54, 1.807) is 6.92 Å². The van der Waals surface area contributed by atoms with Crippen molar-refractivity contribution < 1.29 is 19.1 Å². The van der Waals surface area contributed by atoms with Crippen molar-refractivity contribution in [3.8, 4) is 12.3 Å². The number of rotatable bonds is 2. The molecule has 3 fully saturated rings. The summed E-state index contributed by atoms with van der Waals surface area (Å²) < 4.78 is 5.82. The Morgan fingerprint density at radius 1 is 1.21 bits per heavy atom. The zero-order valence-electron chi connectivity index (χ0n) is 17.5. The van der Waals surface area contributed by atoms with Crippen LogP contribution in [0.25, 0.3) is 0 Å². The monoisotopic (exact) mass is 414 g/mol. The molecular weight excluding hydrogens is 384 g/mol. The van der Waals surface area contributed by atoms with Crippen LogP contribution in [-0.4, -0.2) is 27.7 Å². The van der Waals surface area contributed by atoms with E-state index in [9.17, 15) is 14.4 Å². The van der Waals surface area contributed by atoms with E-state index in [2.05, 4.69) is 12.8 Å². The second-order valence-corrected chi connectivity index (χ2v) is 11.0. The molecule has 156 valence electrons. The highest BCUT2D eigenvalue weighted by Gasteiger charge is 2.65. The van der Waals surface area contributed by atoms with Crippen molar-refractivity contribution in [2.24, 2.45) is 29.1 Å². The Morgan fingerprint density at radius 3 is 2.62 bits per heavy atom. The minimum absolute atomic E-state index is 0.0833. The van der Waals surface area contributed by atoms with Gasteiger partial charge in [0.1, 0.15) is 0 Å². The third kappa shape index (κ3) is 3.19. The minimum Gasteiger partial charge on any atom is -0.445 e. The maximum absolute atomic E-state index is 12.1. The van der Waals surface area contributed by atoms with Crippen LogP contribution < -0.4 is 0 Å². The molecule has 29 heavy (non-hydrogen) atoms. The van der Waals surface area contributed by atoms with Crippen LogP contribution in [-0.2, 0) is 19.1 Å². The van der Waals surface area contributed by atoms with Gasteiger partial charge < -0.3 is 4.74 Å². The maximum Gasteiger partial charge on any atom is 0.304 e. The third-order valence-electron chi connectivity index (χ3n) is 8.30. The summed E-state index contributed by atoms with van der Waals surface area (Å²) in [6, 6.07) is 0. The molecule has 0 spiro atoms. The molecule has 4 rings (SSSR count). The molecule has 0 aliphatic heterocycles. The lowest BCUT2D eigenvalue weighted by Crippen LogP contribution is -2.54. The molecule has 0 N–H and O–H groups in total. The lowest BCUT2D eigenvalue weighted by molar-refractivity contribution is -0.167. The van der Waals surface area contributed by atoms with Crippen LogP contribution in [0.4, 0.5) is 0 Å². The lowest BCUT2D eigenvalue weighted by atomic mass is 9.50. The van der Waals surface area contributed by atoms with E-state index >= 15 is 0 Å². The Bertz CT molecular complexity index is 823. The average molecular weight is 415 g/mol. The van der Waals surface area contributed by atoms with Crippen LogP contribution >= 0.6 is 11.8 Å². The number of hydrogen-bond donors (Lipinski definition) is 0.